The SMILES string of the molecule is O=C1c2c(O)c(=O)ccn2N[C@@]23C(c4cccc5c4Cc4ccc(F)c(F)c4CS5)[C@@H]2OCCN13. The van der Waals surface area contributed by atoms with Crippen molar-refractivity contribution in [3.8, 4) is 5.75 Å². The second kappa shape index (κ2) is 7.08. The number of morpholine rings is 1. The second-order valence-corrected chi connectivity index (χ2v) is 10.2. The summed E-state index contributed by atoms with van der Waals surface area (Å²) in [5.41, 5.74) is 4.83. The maximum atomic E-state index is 14.6. The van der Waals surface area contributed by atoms with Crippen LogP contribution in [0.15, 0.2) is 52.3 Å². The highest BCUT2D eigenvalue weighted by molar-refractivity contribution is 7.98. The molecule has 35 heavy (non-hydrogen) atoms. The van der Waals surface area contributed by atoms with Crippen LogP contribution in [-0.4, -0.2) is 45.5 Å². The molecule has 1 saturated carbocycles. The smallest absolute Gasteiger partial charge is 0.278 e. The van der Waals surface area contributed by atoms with Crippen molar-refractivity contribution in [1.82, 2.24) is 9.58 Å². The van der Waals surface area contributed by atoms with E-state index < -0.39 is 34.4 Å². The average Bonchev–Trinajstić information content (AvgIpc) is 3.55. The summed E-state index contributed by atoms with van der Waals surface area (Å²) in [6, 6.07) is 9.91. The van der Waals surface area contributed by atoms with E-state index in [0.29, 0.717) is 30.9 Å². The molecule has 3 aliphatic heterocycles. The molecule has 1 saturated heterocycles. The van der Waals surface area contributed by atoms with Crippen molar-refractivity contribution >= 4 is 17.7 Å². The summed E-state index contributed by atoms with van der Waals surface area (Å²) in [6.45, 7) is 0.629. The summed E-state index contributed by atoms with van der Waals surface area (Å²) in [5.74, 6) is -2.58. The lowest BCUT2D eigenvalue weighted by atomic mass is 9.93. The van der Waals surface area contributed by atoms with Crippen LogP contribution in [0.3, 0.4) is 0 Å². The molecule has 0 radical (unpaired) electrons. The standard InChI is InChI=1S/C25H19F2N3O4S/c26-16-5-4-12-10-14-13(2-1-3-18(14)35-11-15(12)20(16)27)19-23-25(19)28-30-7-6-17(31)22(32)21(30)24(33)29(25)8-9-34-23/h1-7,19,23,28,32H,8-11H2/t19?,23-,25+/m0/s1. The Morgan fingerprint density at radius 2 is 2.00 bits per heavy atom. The van der Waals surface area contributed by atoms with E-state index in [2.05, 4.69) is 5.43 Å². The summed E-state index contributed by atoms with van der Waals surface area (Å²) < 4.78 is 36.0. The zero-order valence-electron chi connectivity index (χ0n) is 18.3. The lowest BCUT2D eigenvalue weighted by Crippen LogP contribution is -2.61. The molecule has 2 fully saturated rings. The van der Waals surface area contributed by atoms with Crippen molar-refractivity contribution in [3.63, 3.8) is 0 Å². The number of hydrogen-bond donors (Lipinski definition) is 2. The van der Waals surface area contributed by atoms with Crippen LogP contribution in [-0.2, 0) is 16.9 Å². The maximum Gasteiger partial charge on any atom is 0.278 e. The van der Waals surface area contributed by atoms with Gasteiger partial charge in [0.1, 0.15) is 6.10 Å². The van der Waals surface area contributed by atoms with E-state index in [-0.39, 0.29) is 17.7 Å². The first kappa shape index (κ1) is 21.0. The van der Waals surface area contributed by atoms with E-state index in [1.807, 2.05) is 18.2 Å². The third-order valence-electron chi connectivity index (χ3n) is 7.52. The number of halogens is 2. The van der Waals surface area contributed by atoms with Gasteiger partial charge in [0, 0.05) is 35.0 Å². The minimum absolute atomic E-state index is 0.0942. The van der Waals surface area contributed by atoms with Crippen molar-refractivity contribution in [1.29, 1.82) is 0 Å². The summed E-state index contributed by atoms with van der Waals surface area (Å²) in [5, 5.41) is 10.3. The number of fused-ring (bicyclic) bond motifs is 3. The number of aromatic nitrogens is 1. The van der Waals surface area contributed by atoms with Crippen LogP contribution in [0.25, 0.3) is 0 Å². The van der Waals surface area contributed by atoms with Crippen LogP contribution in [0.2, 0.25) is 0 Å². The van der Waals surface area contributed by atoms with Crippen molar-refractivity contribution in [3.05, 3.63) is 92.4 Å². The topological polar surface area (TPSA) is 83.8 Å². The van der Waals surface area contributed by atoms with Crippen molar-refractivity contribution in [2.75, 3.05) is 18.6 Å². The normalized spacial score (nSPS) is 25.9. The van der Waals surface area contributed by atoms with Crippen LogP contribution in [0.1, 0.15) is 38.7 Å². The molecule has 4 heterocycles. The van der Waals surface area contributed by atoms with Gasteiger partial charge in [-0.1, -0.05) is 18.2 Å². The molecular weight excluding hydrogens is 476 g/mol. The highest BCUT2D eigenvalue weighted by Crippen LogP contribution is 2.61. The van der Waals surface area contributed by atoms with Gasteiger partial charge in [-0.25, -0.2) is 8.78 Å². The number of ether oxygens (including phenoxy) is 1. The van der Waals surface area contributed by atoms with E-state index in [1.54, 1.807) is 11.0 Å². The van der Waals surface area contributed by atoms with Crippen LogP contribution < -0.4 is 10.9 Å². The van der Waals surface area contributed by atoms with Crippen molar-refractivity contribution in [2.45, 2.75) is 34.8 Å². The molecule has 7 nitrogen and oxygen atoms in total. The Hall–Kier alpha value is -3.37. The molecule has 1 aromatic heterocycles. The largest absolute Gasteiger partial charge is 0.502 e. The van der Waals surface area contributed by atoms with E-state index in [0.717, 1.165) is 21.6 Å². The first-order chi connectivity index (χ1) is 16.9. The summed E-state index contributed by atoms with van der Waals surface area (Å²) >= 11 is 1.47. The van der Waals surface area contributed by atoms with Gasteiger partial charge < -0.3 is 14.7 Å². The molecule has 0 bridgehead atoms. The molecular formula is C25H19F2N3O4S. The van der Waals surface area contributed by atoms with E-state index in [1.165, 1.54) is 34.8 Å². The maximum absolute atomic E-state index is 14.6. The Morgan fingerprint density at radius 3 is 2.86 bits per heavy atom. The van der Waals surface area contributed by atoms with Crippen molar-refractivity contribution < 1.29 is 23.4 Å². The van der Waals surface area contributed by atoms with Gasteiger partial charge >= 0.3 is 0 Å². The number of pyridine rings is 1. The number of amides is 1. The Morgan fingerprint density at radius 1 is 1.14 bits per heavy atom. The first-order valence-electron chi connectivity index (χ1n) is 11.3. The zero-order valence-corrected chi connectivity index (χ0v) is 19.1. The van der Waals surface area contributed by atoms with Crippen LogP contribution in [0.5, 0.6) is 5.75 Å². The van der Waals surface area contributed by atoms with Gasteiger partial charge in [-0.3, -0.25) is 19.7 Å². The molecule has 10 heteroatoms. The first-order valence-corrected chi connectivity index (χ1v) is 12.3. The van der Waals surface area contributed by atoms with Gasteiger partial charge in [0.2, 0.25) is 5.43 Å². The summed E-state index contributed by atoms with van der Waals surface area (Å²) in [6.07, 6.45) is 1.53. The fourth-order valence-corrected chi connectivity index (χ4v) is 7.00. The quantitative estimate of drug-likeness (QED) is 0.540. The molecule has 2 N–H and O–H groups in total. The summed E-state index contributed by atoms with van der Waals surface area (Å²) in [7, 11) is 0. The van der Waals surface area contributed by atoms with E-state index in [9.17, 15) is 23.5 Å². The zero-order chi connectivity index (χ0) is 24.1. The predicted octanol–water partition coefficient (Wildman–Crippen LogP) is 2.92. The van der Waals surface area contributed by atoms with Gasteiger partial charge in [-0.05, 0) is 35.2 Å². The Bertz CT molecular complexity index is 1510. The minimum Gasteiger partial charge on any atom is -0.502 e. The van der Waals surface area contributed by atoms with Gasteiger partial charge in [0.05, 0.1) is 12.5 Å². The minimum atomic E-state index is -0.882. The molecule has 1 spiro atoms. The van der Waals surface area contributed by atoms with E-state index >= 15 is 0 Å². The molecule has 1 aliphatic carbocycles. The number of aromatic hydroxyl groups is 1. The second-order valence-electron chi connectivity index (χ2n) is 9.20. The average molecular weight is 496 g/mol. The Labute approximate surface area is 202 Å². The van der Waals surface area contributed by atoms with Crippen LogP contribution in [0, 0.1) is 11.6 Å². The number of carbonyl (C=O) groups excluding carboxylic acids is 1. The lowest BCUT2D eigenvalue weighted by Gasteiger charge is -2.42. The molecule has 3 atom stereocenters. The Balaban J connectivity index is 1.35. The molecule has 178 valence electrons. The molecule has 1 amide bonds. The molecule has 2 aromatic carbocycles. The summed E-state index contributed by atoms with van der Waals surface area (Å²) in [4.78, 5) is 28.0. The van der Waals surface area contributed by atoms with Gasteiger partial charge in [-0.2, -0.15) is 0 Å². The van der Waals surface area contributed by atoms with Gasteiger partial charge in [0.15, 0.2) is 28.7 Å². The fourth-order valence-electron chi connectivity index (χ4n) is 5.85. The molecule has 7 rings (SSSR count). The number of rotatable bonds is 1. The molecule has 4 aliphatic rings. The molecule has 3 aromatic rings. The number of hydrogen-bond acceptors (Lipinski definition) is 6. The number of nitrogens with zero attached hydrogens (tertiary/aromatic N) is 2. The van der Waals surface area contributed by atoms with Crippen molar-refractivity contribution in [2.24, 2.45) is 0 Å². The monoisotopic (exact) mass is 495 g/mol. The Kier molecular flexibility index (Phi) is 4.24. The third kappa shape index (κ3) is 2.69. The van der Waals surface area contributed by atoms with Gasteiger partial charge in [0.25, 0.3) is 5.91 Å². The molecule has 1 unspecified atom stereocenters. The van der Waals surface area contributed by atoms with Crippen LogP contribution >= 0.6 is 11.8 Å². The van der Waals surface area contributed by atoms with E-state index in [4.69, 9.17) is 4.74 Å². The lowest BCUT2D eigenvalue weighted by molar-refractivity contribution is -0.00509. The number of benzene rings is 2. The third-order valence-corrected chi connectivity index (χ3v) is 8.64. The highest BCUT2D eigenvalue weighted by Gasteiger charge is 2.75. The number of nitrogens with one attached hydrogen (secondary N) is 1. The number of thioether (sulfide) groups is 1. The fraction of sp³-hybridized carbons (Fsp3) is 0.280. The predicted molar refractivity (Wildman–Crippen MR) is 123 cm³/mol. The highest BCUT2D eigenvalue weighted by atomic mass is 32.2. The van der Waals surface area contributed by atoms with Crippen LogP contribution in [0.4, 0.5) is 8.78 Å². The number of carbonyl (C=O) groups is 1. The van der Waals surface area contributed by atoms with Gasteiger partial charge in [-0.15, -0.1) is 11.8 Å².